The zero-order chi connectivity index (χ0) is 22.6. The van der Waals surface area contributed by atoms with Gasteiger partial charge in [0.2, 0.25) is 21.8 Å². The molecule has 1 aliphatic rings. The van der Waals surface area contributed by atoms with Gasteiger partial charge in [-0.25, -0.2) is 8.42 Å². The molecule has 1 heterocycles. The number of piperidine rings is 1. The summed E-state index contributed by atoms with van der Waals surface area (Å²) in [6.07, 6.45) is 1.22. The maximum atomic E-state index is 13.1. The van der Waals surface area contributed by atoms with E-state index in [4.69, 9.17) is 4.74 Å². The lowest BCUT2D eigenvalue weighted by Gasteiger charge is -2.31. The number of ether oxygens (including phenoxy) is 1. The first-order valence-corrected chi connectivity index (χ1v) is 11.5. The van der Waals surface area contributed by atoms with Crippen LogP contribution in [0.5, 0.6) is 5.75 Å². The van der Waals surface area contributed by atoms with Crippen LogP contribution in [0.25, 0.3) is 0 Å². The zero-order valence-corrected chi connectivity index (χ0v) is 18.7. The van der Waals surface area contributed by atoms with Crippen LogP contribution in [0.3, 0.4) is 0 Å². The van der Waals surface area contributed by atoms with Crippen molar-refractivity contribution in [2.75, 3.05) is 30.8 Å². The molecule has 1 aliphatic heterocycles. The number of sulfonamides is 1. The van der Waals surface area contributed by atoms with Crippen LogP contribution < -0.4 is 15.4 Å². The topological polar surface area (TPSA) is 105 Å². The van der Waals surface area contributed by atoms with Gasteiger partial charge >= 0.3 is 0 Å². The lowest BCUT2D eigenvalue weighted by molar-refractivity contribution is -0.121. The Morgan fingerprint density at radius 3 is 2.29 bits per heavy atom. The molecular weight excluding hydrogens is 418 g/mol. The summed E-state index contributed by atoms with van der Waals surface area (Å²) in [7, 11) is -2.17. The van der Waals surface area contributed by atoms with Crippen molar-refractivity contribution in [2.24, 2.45) is 5.92 Å². The fourth-order valence-electron chi connectivity index (χ4n) is 3.62. The molecule has 2 amide bonds. The summed E-state index contributed by atoms with van der Waals surface area (Å²) in [6.45, 7) is 3.72. The van der Waals surface area contributed by atoms with Gasteiger partial charge in [-0.05, 0) is 67.8 Å². The van der Waals surface area contributed by atoms with E-state index >= 15 is 0 Å². The van der Waals surface area contributed by atoms with E-state index in [0.717, 1.165) is 5.56 Å². The first kappa shape index (κ1) is 22.8. The van der Waals surface area contributed by atoms with Crippen molar-refractivity contribution in [3.05, 3.63) is 48.0 Å². The van der Waals surface area contributed by atoms with E-state index in [1.54, 1.807) is 43.3 Å². The number of nitrogens with one attached hydrogen (secondary N) is 2. The van der Waals surface area contributed by atoms with Crippen molar-refractivity contribution in [3.63, 3.8) is 0 Å². The van der Waals surface area contributed by atoms with Crippen molar-refractivity contribution in [3.8, 4) is 5.75 Å². The standard InChI is InChI=1S/C22H27N3O5S/c1-15-13-20(10-11-21(15)30-3)31(28,29)25-12-4-5-17(14-25)22(27)24-19-8-6-18(7-9-19)23-16(2)26/h6-11,13,17H,4-5,12,14H2,1-3H3,(H,23,26)(H,24,27)/t17-/m0/s1. The molecule has 1 atom stereocenters. The molecule has 0 unspecified atom stereocenters. The number of methoxy groups -OCH3 is 1. The van der Waals surface area contributed by atoms with Crippen molar-refractivity contribution < 1.29 is 22.7 Å². The second-order valence-electron chi connectivity index (χ2n) is 7.58. The normalized spacial score (nSPS) is 17.1. The first-order chi connectivity index (χ1) is 14.7. The molecule has 2 aromatic rings. The Morgan fingerprint density at radius 2 is 1.71 bits per heavy atom. The molecule has 0 bridgehead atoms. The van der Waals surface area contributed by atoms with Gasteiger partial charge in [0.05, 0.1) is 17.9 Å². The van der Waals surface area contributed by atoms with Crippen molar-refractivity contribution >= 4 is 33.2 Å². The SMILES string of the molecule is COc1ccc(S(=O)(=O)N2CCC[C@H](C(=O)Nc3ccc(NC(C)=O)cc3)C2)cc1C. The maximum Gasteiger partial charge on any atom is 0.243 e. The number of carbonyl (C=O) groups excluding carboxylic acids is 2. The highest BCUT2D eigenvalue weighted by Crippen LogP contribution is 2.28. The number of hydrogen-bond donors (Lipinski definition) is 2. The summed E-state index contributed by atoms with van der Waals surface area (Å²) < 4.78 is 32.8. The van der Waals surface area contributed by atoms with Gasteiger partial charge < -0.3 is 15.4 Å². The van der Waals surface area contributed by atoms with E-state index in [9.17, 15) is 18.0 Å². The van der Waals surface area contributed by atoms with Crippen LogP contribution in [0, 0.1) is 12.8 Å². The van der Waals surface area contributed by atoms with Gasteiger partial charge in [0, 0.05) is 31.4 Å². The van der Waals surface area contributed by atoms with E-state index in [1.165, 1.54) is 24.4 Å². The molecule has 0 spiro atoms. The molecule has 0 saturated carbocycles. The number of carbonyl (C=O) groups is 2. The highest BCUT2D eigenvalue weighted by atomic mass is 32.2. The highest BCUT2D eigenvalue weighted by Gasteiger charge is 2.33. The van der Waals surface area contributed by atoms with Crippen LogP contribution in [0.15, 0.2) is 47.4 Å². The van der Waals surface area contributed by atoms with Crippen molar-refractivity contribution in [1.82, 2.24) is 4.31 Å². The highest BCUT2D eigenvalue weighted by molar-refractivity contribution is 7.89. The first-order valence-electron chi connectivity index (χ1n) is 10.0. The Kier molecular flexibility index (Phi) is 6.97. The average molecular weight is 446 g/mol. The summed E-state index contributed by atoms with van der Waals surface area (Å²) >= 11 is 0. The van der Waals surface area contributed by atoms with Gasteiger partial charge in [-0.3, -0.25) is 9.59 Å². The molecule has 166 valence electrons. The second kappa shape index (κ2) is 9.49. The summed E-state index contributed by atoms with van der Waals surface area (Å²) in [5.41, 5.74) is 1.96. The van der Waals surface area contributed by atoms with Gasteiger partial charge in [0.25, 0.3) is 0 Å². The number of anilines is 2. The van der Waals surface area contributed by atoms with Crippen LogP contribution in [0.2, 0.25) is 0 Å². The maximum absolute atomic E-state index is 13.1. The number of hydrogen-bond acceptors (Lipinski definition) is 5. The quantitative estimate of drug-likeness (QED) is 0.711. The van der Waals surface area contributed by atoms with Crippen LogP contribution in [-0.4, -0.2) is 44.7 Å². The largest absolute Gasteiger partial charge is 0.496 e. The second-order valence-corrected chi connectivity index (χ2v) is 9.52. The summed E-state index contributed by atoms with van der Waals surface area (Å²) in [5.74, 6) is -0.220. The van der Waals surface area contributed by atoms with Crippen LogP contribution in [-0.2, 0) is 19.6 Å². The molecule has 2 aromatic carbocycles. The smallest absolute Gasteiger partial charge is 0.243 e. The molecule has 1 fully saturated rings. The Morgan fingerprint density at radius 1 is 1.06 bits per heavy atom. The van der Waals surface area contributed by atoms with Crippen LogP contribution >= 0.6 is 0 Å². The van der Waals surface area contributed by atoms with Gasteiger partial charge in [-0.2, -0.15) is 4.31 Å². The molecule has 31 heavy (non-hydrogen) atoms. The molecule has 1 saturated heterocycles. The predicted molar refractivity (Wildman–Crippen MR) is 119 cm³/mol. The van der Waals surface area contributed by atoms with E-state index in [2.05, 4.69) is 10.6 Å². The Balaban J connectivity index is 1.68. The fourth-order valence-corrected chi connectivity index (χ4v) is 5.23. The lowest BCUT2D eigenvalue weighted by atomic mass is 9.98. The molecule has 0 aliphatic carbocycles. The third-order valence-corrected chi connectivity index (χ3v) is 7.09. The van der Waals surface area contributed by atoms with Crippen LogP contribution in [0.4, 0.5) is 11.4 Å². The monoisotopic (exact) mass is 445 g/mol. The number of benzene rings is 2. The Bertz CT molecular complexity index is 1070. The number of rotatable bonds is 6. The molecular formula is C22H27N3O5S. The van der Waals surface area contributed by atoms with Crippen LogP contribution in [0.1, 0.15) is 25.3 Å². The fraction of sp³-hybridized carbons (Fsp3) is 0.364. The summed E-state index contributed by atoms with van der Waals surface area (Å²) in [5, 5.41) is 5.50. The van der Waals surface area contributed by atoms with E-state index < -0.39 is 15.9 Å². The molecule has 2 N–H and O–H groups in total. The number of aryl methyl sites for hydroxylation is 1. The molecule has 9 heteroatoms. The molecule has 3 rings (SSSR count). The minimum absolute atomic E-state index is 0.128. The van der Waals surface area contributed by atoms with E-state index in [0.29, 0.717) is 36.5 Å². The Hall–Kier alpha value is -2.91. The lowest BCUT2D eigenvalue weighted by Crippen LogP contribution is -2.43. The molecule has 0 aromatic heterocycles. The van der Waals surface area contributed by atoms with Gasteiger partial charge in [0.1, 0.15) is 5.75 Å². The molecule has 8 nitrogen and oxygen atoms in total. The predicted octanol–water partition coefficient (Wildman–Crippen LogP) is 3.00. The molecule has 0 radical (unpaired) electrons. The summed E-state index contributed by atoms with van der Waals surface area (Å²) in [6, 6.07) is 11.5. The van der Waals surface area contributed by atoms with E-state index in [1.807, 2.05) is 0 Å². The number of amides is 2. The van der Waals surface area contributed by atoms with Gasteiger partial charge in [-0.15, -0.1) is 0 Å². The van der Waals surface area contributed by atoms with Gasteiger partial charge in [0.15, 0.2) is 0 Å². The zero-order valence-electron chi connectivity index (χ0n) is 17.8. The van der Waals surface area contributed by atoms with E-state index in [-0.39, 0.29) is 23.3 Å². The summed E-state index contributed by atoms with van der Waals surface area (Å²) in [4.78, 5) is 24.1. The van der Waals surface area contributed by atoms with Crippen molar-refractivity contribution in [1.29, 1.82) is 0 Å². The van der Waals surface area contributed by atoms with Crippen molar-refractivity contribution in [2.45, 2.75) is 31.6 Å². The minimum Gasteiger partial charge on any atom is -0.496 e. The minimum atomic E-state index is -3.71. The third-order valence-electron chi connectivity index (χ3n) is 5.23. The Labute approximate surface area is 182 Å². The third kappa shape index (κ3) is 5.42. The number of nitrogens with zero attached hydrogens (tertiary/aromatic N) is 1. The average Bonchev–Trinajstić information content (AvgIpc) is 2.74. The van der Waals surface area contributed by atoms with Gasteiger partial charge in [-0.1, -0.05) is 0 Å².